The predicted octanol–water partition coefficient (Wildman–Crippen LogP) is -1.02. The number of aromatic nitrogens is 2. The molecule has 102 valence electrons. The molecule has 18 heavy (non-hydrogen) atoms. The summed E-state index contributed by atoms with van der Waals surface area (Å²) in [6, 6.07) is 0. The van der Waals surface area contributed by atoms with E-state index in [-0.39, 0.29) is 24.4 Å². The summed E-state index contributed by atoms with van der Waals surface area (Å²) in [6.07, 6.45) is 2.93. The van der Waals surface area contributed by atoms with E-state index in [2.05, 4.69) is 9.82 Å². The number of hydrogen-bond acceptors (Lipinski definition) is 5. The Balaban J connectivity index is 2.63. The first-order valence-electron chi connectivity index (χ1n) is 5.39. The Kier molecular flexibility index (Phi) is 5.25. The molecule has 0 unspecified atom stereocenters. The Bertz CT molecular complexity index is 496. The van der Waals surface area contributed by atoms with Crippen LogP contribution in [-0.2, 0) is 21.4 Å². The topological polar surface area (TPSA) is 127 Å². The number of aliphatic carboxylic acids is 1. The molecule has 9 heteroatoms. The minimum atomic E-state index is -3.59. The molecule has 0 amide bonds. The summed E-state index contributed by atoms with van der Waals surface area (Å²) < 4.78 is 27.1. The Hall–Kier alpha value is -1.45. The molecule has 0 bridgehead atoms. The van der Waals surface area contributed by atoms with Crippen LogP contribution in [0.15, 0.2) is 17.3 Å². The van der Waals surface area contributed by atoms with E-state index in [0.29, 0.717) is 13.0 Å². The van der Waals surface area contributed by atoms with Crippen LogP contribution in [0.25, 0.3) is 0 Å². The van der Waals surface area contributed by atoms with Crippen LogP contribution >= 0.6 is 0 Å². The zero-order valence-electron chi connectivity index (χ0n) is 9.74. The number of sulfonamides is 1. The van der Waals surface area contributed by atoms with Gasteiger partial charge in [-0.3, -0.25) is 9.48 Å². The maximum Gasteiger partial charge on any atom is 0.305 e. The van der Waals surface area contributed by atoms with Gasteiger partial charge in [0.2, 0.25) is 10.0 Å². The largest absolute Gasteiger partial charge is 0.481 e. The van der Waals surface area contributed by atoms with Crippen molar-refractivity contribution < 1.29 is 18.3 Å². The van der Waals surface area contributed by atoms with Gasteiger partial charge >= 0.3 is 5.97 Å². The number of carboxylic acid groups (broad SMARTS) is 1. The lowest BCUT2D eigenvalue weighted by atomic mass is 10.4. The number of nitrogens with zero attached hydrogens (tertiary/aromatic N) is 2. The normalized spacial score (nSPS) is 11.6. The van der Waals surface area contributed by atoms with Crippen LogP contribution in [0.5, 0.6) is 0 Å². The molecule has 0 aliphatic heterocycles. The van der Waals surface area contributed by atoms with E-state index >= 15 is 0 Å². The van der Waals surface area contributed by atoms with E-state index in [0.717, 1.165) is 0 Å². The molecule has 0 radical (unpaired) electrons. The first-order valence-corrected chi connectivity index (χ1v) is 6.88. The lowest BCUT2D eigenvalue weighted by Gasteiger charge is -2.02. The molecule has 1 aromatic heterocycles. The van der Waals surface area contributed by atoms with Crippen LogP contribution in [0.1, 0.15) is 12.8 Å². The zero-order chi connectivity index (χ0) is 13.6. The highest BCUT2D eigenvalue weighted by Crippen LogP contribution is 2.07. The average molecular weight is 276 g/mol. The van der Waals surface area contributed by atoms with Crippen molar-refractivity contribution in [2.75, 3.05) is 13.1 Å². The average Bonchev–Trinajstić information content (AvgIpc) is 2.76. The lowest BCUT2D eigenvalue weighted by molar-refractivity contribution is -0.137. The van der Waals surface area contributed by atoms with Gasteiger partial charge in [-0.25, -0.2) is 13.1 Å². The molecule has 8 nitrogen and oxygen atoms in total. The predicted molar refractivity (Wildman–Crippen MR) is 63.3 cm³/mol. The van der Waals surface area contributed by atoms with E-state index in [9.17, 15) is 13.2 Å². The Morgan fingerprint density at radius 3 is 2.89 bits per heavy atom. The molecule has 1 heterocycles. The van der Waals surface area contributed by atoms with E-state index in [1.165, 1.54) is 17.1 Å². The smallest absolute Gasteiger partial charge is 0.305 e. The molecule has 0 spiro atoms. The van der Waals surface area contributed by atoms with E-state index in [1.54, 1.807) is 0 Å². The number of nitrogens with one attached hydrogen (secondary N) is 1. The van der Waals surface area contributed by atoms with Crippen molar-refractivity contribution in [3.63, 3.8) is 0 Å². The maximum absolute atomic E-state index is 11.7. The van der Waals surface area contributed by atoms with Crippen molar-refractivity contribution in [2.24, 2.45) is 5.73 Å². The highest BCUT2D eigenvalue weighted by Gasteiger charge is 2.15. The second-order valence-electron chi connectivity index (χ2n) is 3.62. The monoisotopic (exact) mass is 276 g/mol. The van der Waals surface area contributed by atoms with Gasteiger partial charge in [0, 0.05) is 12.7 Å². The molecule has 4 N–H and O–H groups in total. The molecular weight excluding hydrogens is 260 g/mol. The fourth-order valence-corrected chi connectivity index (χ4v) is 2.23. The summed E-state index contributed by atoms with van der Waals surface area (Å²) in [6.45, 7) is 0.799. The molecule has 0 saturated heterocycles. The highest BCUT2D eigenvalue weighted by atomic mass is 32.2. The minimum Gasteiger partial charge on any atom is -0.481 e. The molecule has 0 aliphatic rings. The van der Waals surface area contributed by atoms with Gasteiger partial charge in [-0.15, -0.1) is 0 Å². The van der Waals surface area contributed by atoms with Crippen LogP contribution in [-0.4, -0.2) is 42.4 Å². The van der Waals surface area contributed by atoms with Crippen LogP contribution < -0.4 is 10.5 Å². The molecule has 0 atom stereocenters. The van der Waals surface area contributed by atoms with Gasteiger partial charge in [-0.05, 0) is 13.0 Å². The molecule has 0 saturated carbocycles. The standard InChI is InChI=1S/C9H16N4O4S/c10-3-1-4-12-18(16,17)8-6-11-13(7-8)5-2-9(14)15/h6-7,12H,1-5,10H2,(H,14,15). The zero-order valence-corrected chi connectivity index (χ0v) is 10.6. The fourth-order valence-electron chi connectivity index (χ4n) is 1.21. The fraction of sp³-hybridized carbons (Fsp3) is 0.556. The Labute approximate surface area is 105 Å². The first kappa shape index (κ1) is 14.6. The summed E-state index contributed by atoms with van der Waals surface area (Å²) >= 11 is 0. The second kappa shape index (κ2) is 6.47. The Morgan fingerprint density at radius 2 is 2.28 bits per heavy atom. The van der Waals surface area contributed by atoms with Gasteiger partial charge in [-0.2, -0.15) is 5.10 Å². The quantitative estimate of drug-likeness (QED) is 0.522. The minimum absolute atomic E-state index is 0.0184. The van der Waals surface area contributed by atoms with Crippen molar-refractivity contribution in [3.8, 4) is 0 Å². The molecular formula is C9H16N4O4S. The van der Waals surface area contributed by atoms with Gasteiger partial charge in [0.25, 0.3) is 0 Å². The molecule has 0 fully saturated rings. The number of carboxylic acids is 1. The second-order valence-corrected chi connectivity index (χ2v) is 5.39. The van der Waals surface area contributed by atoms with Crippen molar-refractivity contribution in [1.82, 2.24) is 14.5 Å². The van der Waals surface area contributed by atoms with Crippen molar-refractivity contribution >= 4 is 16.0 Å². The molecule has 1 aromatic rings. The number of nitrogens with two attached hydrogens (primary N) is 1. The van der Waals surface area contributed by atoms with Crippen LogP contribution in [0.2, 0.25) is 0 Å². The van der Waals surface area contributed by atoms with Crippen LogP contribution in [0, 0.1) is 0 Å². The first-order chi connectivity index (χ1) is 8.45. The van der Waals surface area contributed by atoms with Gasteiger partial charge < -0.3 is 10.8 Å². The summed E-state index contributed by atoms with van der Waals surface area (Å²) in [5.41, 5.74) is 5.26. The number of rotatable bonds is 8. The summed E-state index contributed by atoms with van der Waals surface area (Å²) in [4.78, 5) is 10.4. The van der Waals surface area contributed by atoms with Crippen molar-refractivity contribution in [2.45, 2.75) is 24.3 Å². The molecule has 0 aliphatic carbocycles. The Morgan fingerprint density at radius 1 is 1.56 bits per heavy atom. The summed E-state index contributed by atoms with van der Waals surface area (Å²) in [7, 11) is -3.59. The van der Waals surface area contributed by atoms with Crippen molar-refractivity contribution in [3.05, 3.63) is 12.4 Å². The van der Waals surface area contributed by atoms with Gasteiger partial charge in [-0.1, -0.05) is 0 Å². The van der Waals surface area contributed by atoms with Gasteiger partial charge in [0.15, 0.2) is 0 Å². The van der Waals surface area contributed by atoms with E-state index in [1.807, 2.05) is 0 Å². The lowest BCUT2D eigenvalue weighted by Crippen LogP contribution is -2.25. The number of carbonyl (C=O) groups is 1. The van der Waals surface area contributed by atoms with E-state index in [4.69, 9.17) is 10.8 Å². The molecule has 1 rings (SSSR count). The van der Waals surface area contributed by atoms with Crippen molar-refractivity contribution in [1.29, 1.82) is 0 Å². The number of hydrogen-bond donors (Lipinski definition) is 3. The third-order valence-electron chi connectivity index (χ3n) is 2.15. The van der Waals surface area contributed by atoms with E-state index < -0.39 is 16.0 Å². The van der Waals surface area contributed by atoms with Crippen LogP contribution in [0.4, 0.5) is 0 Å². The summed E-state index contributed by atoms with van der Waals surface area (Å²) in [5.74, 6) is -0.962. The van der Waals surface area contributed by atoms with Gasteiger partial charge in [0.1, 0.15) is 4.90 Å². The summed E-state index contributed by atoms with van der Waals surface area (Å²) in [5, 5.41) is 12.3. The third-order valence-corrected chi connectivity index (χ3v) is 3.56. The third kappa shape index (κ3) is 4.43. The SMILES string of the molecule is NCCCNS(=O)(=O)c1cnn(CCC(=O)O)c1. The number of aryl methyl sites for hydroxylation is 1. The maximum atomic E-state index is 11.7. The van der Waals surface area contributed by atoms with Gasteiger partial charge in [0.05, 0.1) is 19.2 Å². The van der Waals surface area contributed by atoms with Crippen LogP contribution in [0.3, 0.4) is 0 Å². The highest BCUT2D eigenvalue weighted by molar-refractivity contribution is 7.89. The molecule has 0 aromatic carbocycles.